The van der Waals surface area contributed by atoms with E-state index < -0.39 is 17.9 Å². The largest absolute Gasteiger partial charge is 0.481 e. The Labute approximate surface area is 211 Å². The number of rotatable bonds is 6. The van der Waals surface area contributed by atoms with E-state index in [2.05, 4.69) is 10.1 Å². The van der Waals surface area contributed by atoms with E-state index in [1.807, 2.05) is 66.7 Å². The summed E-state index contributed by atoms with van der Waals surface area (Å²) in [6, 6.07) is 23.7. The van der Waals surface area contributed by atoms with E-state index in [1.165, 1.54) is 5.01 Å². The Morgan fingerprint density at radius 2 is 1.64 bits per heavy atom. The number of halogens is 1. The van der Waals surface area contributed by atoms with Gasteiger partial charge in [0.05, 0.1) is 23.7 Å². The number of carbonyl (C=O) groups excluding carboxylic acids is 1. The lowest BCUT2D eigenvalue weighted by Gasteiger charge is -2.22. The van der Waals surface area contributed by atoms with Crippen molar-refractivity contribution in [3.63, 3.8) is 0 Å². The SMILES string of the molecule is O=C(O)CCC(=O)N1N=C(c2c(-c3ccccc3)c3ccccc3[nH]c2=O)CC1c1ccc(Cl)cc1. The second kappa shape index (κ2) is 9.79. The van der Waals surface area contributed by atoms with Gasteiger partial charge in [-0.1, -0.05) is 72.3 Å². The molecule has 0 saturated heterocycles. The van der Waals surface area contributed by atoms with Gasteiger partial charge in [0, 0.05) is 34.3 Å². The number of carbonyl (C=O) groups is 2. The van der Waals surface area contributed by atoms with Crippen LogP contribution in [0.5, 0.6) is 0 Å². The highest BCUT2D eigenvalue weighted by Gasteiger charge is 2.35. The number of pyridine rings is 1. The maximum Gasteiger partial charge on any atom is 0.303 e. The lowest BCUT2D eigenvalue weighted by molar-refractivity contribution is -0.141. The number of hydrogen-bond acceptors (Lipinski definition) is 4. The van der Waals surface area contributed by atoms with Gasteiger partial charge in [0.15, 0.2) is 0 Å². The molecule has 1 aliphatic rings. The minimum Gasteiger partial charge on any atom is -0.481 e. The van der Waals surface area contributed by atoms with Gasteiger partial charge >= 0.3 is 5.97 Å². The highest BCUT2D eigenvalue weighted by Crippen LogP contribution is 2.37. The van der Waals surface area contributed by atoms with E-state index in [1.54, 1.807) is 12.1 Å². The molecule has 1 unspecified atom stereocenters. The molecule has 36 heavy (non-hydrogen) atoms. The van der Waals surface area contributed by atoms with Crippen molar-refractivity contribution in [1.82, 2.24) is 9.99 Å². The van der Waals surface area contributed by atoms with Crippen molar-refractivity contribution >= 4 is 40.1 Å². The molecule has 0 fully saturated rings. The van der Waals surface area contributed by atoms with Crippen LogP contribution in [0.2, 0.25) is 5.02 Å². The number of aromatic nitrogens is 1. The molecule has 5 rings (SSSR count). The summed E-state index contributed by atoms with van der Waals surface area (Å²) in [6.45, 7) is 0. The topological polar surface area (TPSA) is 103 Å². The minimum absolute atomic E-state index is 0.199. The van der Waals surface area contributed by atoms with Crippen molar-refractivity contribution in [2.24, 2.45) is 5.10 Å². The summed E-state index contributed by atoms with van der Waals surface area (Å²) < 4.78 is 0. The van der Waals surface area contributed by atoms with Crippen LogP contribution in [0.1, 0.15) is 36.4 Å². The van der Waals surface area contributed by atoms with Crippen LogP contribution in [0.15, 0.2) is 88.8 Å². The molecule has 1 aromatic heterocycles. The summed E-state index contributed by atoms with van der Waals surface area (Å²) in [5.41, 5.74) is 3.64. The van der Waals surface area contributed by atoms with Crippen LogP contribution >= 0.6 is 11.6 Å². The Balaban J connectivity index is 1.67. The van der Waals surface area contributed by atoms with E-state index in [0.717, 1.165) is 22.1 Å². The number of hydrogen-bond donors (Lipinski definition) is 2. The molecule has 1 atom stereocenters. The van der Waals surface area contributed by atoms with Gasteiger partial charge in [0.25, 0.3) is 5.56 Å². The van der Waals surface area contributed by atoms with Crippen LogP contribution < -0.4 is 5.56 Å². The van der Waals surface area contributed by atoms with Crippen LogP contribution in [-0.2, 0) is 9.59 Å². The monoisotopic (exact) mass is 499 g/mol. The highest BCUT2D eigenvalue weighted by atomic mass is 35.5. The summed E-state index contributed by atoms with van der Waals surface area (Å²) in [5.74, 6) is -1.49. The number of para-hydroxylation sites is 1. The molecule has 7 nitrogen and oxygen atoms in total. The lowest BCUT2D eigenvalue weighted by Crippen LogP contribution is -2.27. The number of carboxylic acids is 1. The average molecular weight is 500 g/mol. The Hall–Kier alpha value is -4.23. The highest BCUT2D eigenvalue weighted by molar-refractivity contribution is 6.30. The smallest absolute Gasteiger partial charge is 0.303 e. The first-order valence-electron chi connectivity index (χ1n) is 11.5. The first-order valence-corrected chi connectivity index (χ1v) is 11.9. The number of benzene rings is 3. The Morgan fingerprint density at radius 1 is 0.944 bits per heavy atom. The zero-order valence-corrected chi connectivity index (χ0v) is 19.9. The average Bonchev–Trinajstić information content (AvgIpc) is 3.32. The maximum atomic E-state index is 13.5. The summed E-state index contributed by atoms with van der Waals surface area (Å²) in [6.07, 6.45) is -0.211. The molecule has 1 amide bonds. The van der Waals surface area contributed by atoms with Crippen molar-refractivity contribution in [3.8, 4) is 11.1 Å². The number of H-pyrrole nitrogens is 1. The lowest BCUT2D eigenvalue weighted by atomic mass is 9.91. The Morgan fingerprint density at radius 3 is 2.36 bits per heavy atom. The van der Waals surface area contributed by atoms with Crippen molar-refractivity contribution < 1.29 is 14.7 Å². The quantitative estimate of drug-likeness (QED) is 0.371. The predicted octanol–water partition coefficient (Wildman–Crippen LogP) is 5.39. The van der Waals surface area contributed by atoms with E-state index in [-0.39, 0.29) is 18.4 Å². The molecular formula is C28H22ClN3O4. The fourth-order valence-electron chi connectivity index (χ4n) is 4.59. The number of hydrazone groups is 1. The minimum atomic E-state index is -1.06. The molecule has 0 radical (unpaired) electrons. The van der Waals surface area contributed by atoms with Gasteiger partial charge < -0.3 is 10.1 Å². The number of nitrogens with zero attached hydrogens (tertiary/aromatic N) is 2. The van der Waals surface area contributed by atoms with Gasteiger partial charge in [-0.3, -0.25) is 14.4 Å². The van der Waals surface area contributed by atoms with Crippen molar-refractivity contribution in [1.29, 1.82) is 0 Å². The molecule has 1 aliphatic heterocycles. The van der Waals surface area contributed by atoms with Gasteiger partial charge in [0.1, 0.15) is 0 Å². The first kappa shape index (κ1) is 23.5. The third kappa shape index (κ3) is 4.53. The number of carboxylic acid groups (broad SMARTS) is 1. The van der Waals surface area contributed by atoms with E-state index in [4.69, 9.17) is 16.7 Å². The van der Waals surface area contributed by atoms with Crippen molar-refractivity contribution in [3.05, 3.63) is 105 Å². The zero-order chi connectivity index (χ0) is 25.2. The van der Waals surface area contributed by atoms with E-state index in [9.17, 15) is 14.4 Å². The van der Waals surface area contributed by atoms with Crippen molar-refractivity contribution in [2.75, 3.05) is 0 Å². The van der Waals surface area contributed by atoms with E-state index >= 15 is 0 Å². The predicted molar refractivity (Wildman–Crippen MR) is 139 cm³/mol. The number of aliphatic carboxylic acids is 1. The van der Waals surface area contributed by atoms with Gasteiger partial charge in [-0.25, -0.2) is 5.01 Å². The third-order valence-corrected chi connectivity index (χ3v) is 6.50. The summed E-state index contributed by atoms with van der Waals surface area (Å²) in [7, 11) is 0. The van der Waals surface area contributed by atoms with Crippen LogP contribution in [-0.4, -0.2) is 32.7 Å². The number of amides is 1. The standard InChI is InChI=1S/C28H22ClN3O4/c29-19-12-10-17(11-13-19)23-16-22(31-32(23)24(33)14-15-25(34)35)27-26(18-6-2-1-3-7-18)20-8-4-5-9-21(20)30-28(27)36/h1-13,23H,14-16H2,(H,30,36)(H,34,35). The fraction of sp³-hybridized carbons (Fsp3) is 0.143. The molecule has 2 N–H and O–H groups in total. The van der Waals surface area contributed by atoms with Crippen LogP contribution in [0.3, 0.4) is 0 Å². The number of aromatic amines is 1. The second-order valence-electron chi connectivity index (χ2n) is 8.57. The summed E-state index contributed by atoms with van der Waals surface area (Å²) in [5, 5.41) is 16.4. The van der Waals surface area contributed by atoms with Crippen molar-refractivity contribution in [2.45, 2.75) is 25.3 Å². The van der Waals surface area contributed by atoms with Gasteiger partial charge in [-0.2, -0.15) is 5.10 Å². The molecule has 3 aromatic carbocycles. The second-order valence-corrected chi connectivity index (χ2v) is 9.00. The molecule has 0 bridgehead atoms. The van der Waals surface area contributed by atoms with Gasteiger partial charge in [0.2, 0.25) is 5.91 Å². The maximum absolute atomic E-state index is 13.5. The molecule has 180 valence electrons. The fourth-order valence-corrected chi connectivity index (χ4v) is 4.71. The normalized spacial score (nSPS) is 15.2. The molecule has 8 heteroatoms. The summed E-state index contributed by atoms with van der Waals surface area (Å²) in [4.78, 5) is 40.6. The molecule has 4 aromatic rings. The number of fused-ring (bicyclic) bond motifs is 1. The Kier molecular flexibility index (Phi) is 6.40. The zero-order valence-electron chi connectivity index (χ0n) is 19.1. The van der Waals surface area contributed by atoms with Crippen LogP contribution in [0.25, 0.3) is 22.0 Å². The Bertz CT molecular complexity index is 1550. The molecule has 2 heterocycles. The molecule has 0 spiro atoms. The first-order chi connectivity index (χ1) is 17.4. The summed E-state index contributed by atoms with van der Waals surface area (Å²) >= 11 is 6.07. The number of nitrogens with one attached hydrogen (secondary N) is 1. The molecule has 0 saturated carbocycles. The molecule has 0 aliphatic carbocycles. The van der Waals surface area contributed by atoms with E-state index in [0.29, 0.717) is 28.2 Å². The molecular weight excluding hydrogens is 478 g/mol. The third-order valence-electron chi connectivity index (χ3n) is 6.25. The van der Waals surface area contributed by atoms with Gasteiger partial charge in [-0.05, 0) is 29.3 Å². The van der Waals surface area contributed by atoms with Crippen LogP contribution in [0.4, 0.5) is 0 Å². The van der Waals surface area contributed by atoms with Crippen LogP contribution in [0, 0.1) is 0 Å². The van der Waals surface area contributed by atoms with Gasteiger partial charge in [-0.15, -0.1) is 0 Å².